The average molecular weight is 325 g/mol. The lowest BCUT2D eigenvalue weighted by Gasteiger charge is -2.17. The zero-order valence-electron chi connectivity index (χ0n) is 12.8. The lowest BCUT2D eigenvalue weighted by atomic mass is 10.1. The van der Waals surface area contributed by atoms with Crippen LogP contribution in [0, 0.1) is 5.82 Å². The molecule has 0 saturated heterocycles. The highest BCUT2D eigenvalue weighted by molar-refractivity contribution is 5.44. The molecule has 1 aliphatic rings. The number of ether oxygens (including phenoxy) is 2. The van der Waals surface area contributed by atoms with Gasteiger partial charge < -0.3 is 14.5 Å². The van der Waals surface area contributed by atoms with E-state index in [2.05, 4.69) is 15.3 Å². The van der Waals surface area contributed by atoms with E-state index in [-0.39, 0.29) is 18.7 Å². The molecule has 0 amide bonds. The van der Waals surface area contributed by atoms with Crippen LogP contribution in [-0.4, -0.2) is 16.8 Å². The van der Waals surface area contributed by atoms with Crippen molar-refractivity contribution < 1.29 is 13.9 Å². The van der Waals surface area contributed by atoms with Crippen molar-refractivity contribution in [1.82, 2.24) is 15.3 Å². The number of aromatic amines is 1. The van der Waals surface area contributed by atoms with Gasteiger partial charge >= 0.3 is 0 Å². The van der Waals surface area contributed by atoms with Crippen molar-refractivity contribution >= 4 is 0 Å². The zero-order chi connectivity index (χ0) is 16.4. The van der Waals surface area contributed by atoms with Crippen molar-refractivity contribution in [3.8, 4) is 11.5 Å². The summed E-state index contributed by atoms with van der Waals surface area (Å²) in [5, 5.41) is 3.45. The summed E-state index contributed by atoms with van der Waals surface area (Å²) in [5.74, 6) is 2.04. The van der Waals surface area contributed by atoms with Crippen LogP contribution in [0.2, 0.25) is 0 Å². The second-order valence-electron chi connectivity index (χ2n) is 5.53. The third-order valence-corrected chi connectivity index (χ3v) is 3.94. The Morgan fingerprint density at radius 2 is 1.96 bits per heavy atom. The molecule has 1 unspecified atom stereocenters. The molecule has 4 rings (SSSR count). The van der Waals surface area contributed by atoms with Crippen LogP contribution in [0.15, 0.2) is 54.9 Å². The van der Waals surface area contributed by atoms with Crippen molar-refractivity contribution in [3.05, 3.63) is 77.6 Å². The standard InChI is InChI=1S/C18H16FN3O2/c19-14-4-2-13(3-5-14)17(18-20-7-8-21-18)22-10-12-1-6-15-16(9-12)24-11-23-15/h1-9,17,22H,10-11H2,(H,20,21). The molecule has 6 heteroatoms. The van der Waals surface area contributed by atoms with Gasteiger partial charge in [0.2, 0.25) is 6.79 Å². The number of hydrogen-bond acceptors (Lipinski definition) is 4. The minimum atomic E-state index is -0.257. The Labute approximate surface area is 138 Å². The molecule has 0 aliphatic carbocycles. The number of rotatable bonds is 5. The third-order valence-electron chi connectivity index (χ3n) is 3.94. The maximum Gasteiger partial charge on any atom is 0.231 e. The minimum absolute atomic E-state index is 0.161. The van der Waals surface area contributed by atoms with Gasteiger partial charge in [0.25, 0.3) is 0 Å². The first-order chi connectivity index (χ1) is 11.8. The van der Waals surface area contributed by atoms with Crippen LogP contribution in [0.25, 0.3) is 0 Å². The predicted octanol–water partition coefficient (Wildman–Crippen LogP) is 3.16. The summed E-state index contributed by atoms with van der Waals surface area (Å²) >= 11 is 0. The van der Waals surface area contributed by atoms with Crippen molar-refractivity contribution in [2.45, 2.75) is 12.6 Å². The summed E-state index contributed by atoms with van der Waals surface area (Å²) in [5.41, 5.74) is 2.00. The van der Waals surface area contributed by atoms with Gasteiger partial charge in [-0.15, -0.1) is 0 Å². The molecule has 1 aliphatic heterocycles. The van der Waals surface area contributed by atoms with Gasteiger partial charge in [-0.25, -0.2) is 9.37 Å². The number of halogens is 1. The molecule has 3 aromatic rings. The second kappa shape index (κ2) is 6.33. The summed E-state index contributed by atoms with van der Waals surface area (Å²) in [6.45, 7) is 0.871. The number of H-pyrrole nitrogens is 1. The molecule has 0 radical (unpaired) electrons. The number of benzene rings is 2. The topological polar surface area (TPSA) is 59.2 Å². The van der Waals surface area contributed by atoms with E-state index < -0.39 is 0 Å². The first-order valence-electron chi connectivity index (χ1n) is 7.66. The van der Waals surface area contributed by atoms with Crippen LogP contribution in [0.4, 0.5) is 4.39 Å². The predicted molar refractivity (Wildman–Crippen MR) is 86.2 cm³/mol. The number of aromatic nitrogens is 2. The van der Waals surface area contributed by atoms with E-state index in [0.717, 1.165) is 28.5 Å². The molecular formula is C18H16FN3O2. The minimum Gasteiger partial charge on any atom is -0.454 e. The molecular weight excluding hydrogens is 309 g/mol. The van der Waals surface area contributed by atoms with Crippen molar-refractivity contribution in [3.63, 3.8) is 0 Å². The van der Waals surface area contributed by atoms with Crippen molar-refractivity contribution in [2.75, 3.05) is 6.79 Å². The normalized spacial score (nSPS) is 13.9. The van der Waals surface area contributed by atoms with Crippen LogP contribution >= 0.6 is 0 Å². The Balaban J connectivity index is 1.55. The van der Waals surface area contributed by atoms with Gasteiger partial charge in [-0.2, -0.15) is 0 Å². The molecule has 0 saturated carbocycles. The van der Waals surface area contributed by atoms with Gasteiger partial charge in [-0.3, -0.25) is 5.32 Å². The molecule has 5 nitrogen and oxygen atoms in total. The number of nitrogens with one attached hydrogen (secondary N) is 2. The van der Waals surface area contributed by atoms with Gasteiger partial charge in [-0.1, -0.05) is 18.2 Å². The lowest BCUT2D eigenvalue weighted by Crippen LogP contribution is -2.23. The Morgan fingerprint density at radius 1 is 1.12 bits per heavy atom. The number of nitrogens with zero attached hydrogens (tertiary/aromatic N) is 1. The van der Waals surface area contributed by atoms with Crippen LogP contribution in [0.3, 0.4) is 0 Å². The number of hydrogen-bond donors (Lipinski definition) is 2. The van der Waals surface area contributed by atoms with Gasteiger partial charge in [0.15, 0.2) is 11.5 Å². The highest BCUT2D eigenvalue weighted by atomic mass is 19.1. The van der Waals surface area contributed by atoms with Gasteiger partial charge in [0, 0.05) is 18.9 Å². The monoisotopic (exact) mass is 325 g/mol. The molecule has 2 N–H and O–H groups in total. The first-order valence-corrected chi connectivity index (χ1v) is 7.66. The molecule has 0 spiro atoms. The van der Waals surface area contributed by atoms with E-state index >= 15 is 0 Å². The van der Waals surface area contributed by atoms with E-state index in [1.807, 2.05) is 18.2 Å². The number of imidazole rings is 1. The zero-order valence-corrected chi connectivity index (χ0v) is 12.8. The summed E-state index contributed by atoms with van der Waals surface area (Å²) in [6, 6.07) is 12.1. The highest BCUT2D eigenvalue weighted by Gasteiger charge is 2.17. The fourth-order valence-corrected chi connectivity index (χ4v) is 2.73. The fourth-order valence-electron chi connectivity index (χ4n) is 2.73. The average Bonchev–Trinajstić information content (AvgIpc) is 3.27. The van der Waals surface area contributed by atoms with E-state index in [4.69, 9.17) is 9.47 Å². The van der Waals surface area contributed by atoms with Crippen molar-refractivity contribution in [1.29, 1.82) is 0 Å². The van der Waals surface area contributed by atoms with Gasteiger partial charge in [0.1, 0.15) is 11.6 Å². The van der Waals surface area contributed by atoms with E-state index in [0.29, 0.717) is 6.54 Å². The largest absolute Gasteiger partial charge is 0.454 e. The maximum atomic E-state index is 13.2. The maximum absolute atomic E-state index is 13.2. The molecule has 1 aromatic heterocycles. The summed E-state index contributed by atoms with van der Waals surface area (Å²) in [6.07, 6.45) is 3.47. The van der Waals surface area contributed by atoms with E-state index in [1.165, 1.54) is 12.1 Å². The van der Waals surface area contributed by atoms with Gasteiger partial charge in [-0.05, 0) is 35.4 Å². The second-order valence-corrected chi connectivity index (χ2v) is 5.53. The Morgan fingerprint density at radius 3 is 2.75 bits per heavy atom. The summed E-state index contributed by atoms with van der Waals surface area (Å²) in [7, 11) is 0. The Bertz CT molecular complexity index is 819. The molecule has 0 bridgehead atoms. The van der Waals surface area contributed by atoms with E-state index in [9.17, 15) is 4.39 Å². The fraction of sp³-hybridized carbons (Fsp3) is 0.167. The molecule has 1 atom stereocenters. The van der Waals surface area contributed by atoms with Crippen LogP contribution in [0.1, 0.15) is 23.0 Å². The Hall–Kier alpha value is -2.86. The van der Waals surface area contributed by atoms with E-state index in [1.54, 1.807) is 24.5 Å². The quantitative estimate of drug-likeness (QED) is 0.756. The first kappa shape index (κ1) is 14.7. The number of fused-ring (bicyclic) bond motifs is 1. The SMILES string of the molecule is Fc1ccc(C(NCc2ccc3c(c2)OCO3)c2ncc[nH]2)cc1. The third kappa shape index (κ3) is 2.96. The van der Waals surface area contributed by atoms with Crippen LogP contribution in [-0.2, 0) is 6.54 Å². The summed E-state index contributed by atoms with van der Waals surface area (Å²) < 4.78 is 23.9. The smallest absolute Gasteiger partial charge is 0.231 e. The molecule has 2 heterocycles. The Kier molecular flexibility index (Phi) is 3.88. The van der Waals surface area contributed by atoms with Gasteiger partial charge in [0.05, 0.1) is 6.04 Å². The summed E-state index contributed by atoms with van der Waals surface area (Å²) in [4.78, 5) is 7.45. The van der Waals surface area contributed by atoms with Crippen molar-refractivity contribution in [2.24, 2.45) is 0 Å². The molecule has 24 heavy (non-hydrogen) atoms. The highest BCUT2D eigenvalue weighted by Crippen LogP contribution is 2.32. The molecule has 0 fully saturated rings. The van der Waals surface area contributed by atoms with Crippen LogP contribution in [0.5, 0.6) is 11.5 Å². The van der Waals surface area contributed by atoms with Crippen LogP contribution < -0.4 is 14.8 Å². The lowest BCUT2D eigenvalue weighted by molar-refractivity contribution is 0.174. The molecule has 122 valence electrons. The molecule has 2 aromatic carbocycles.